The molecular formula is C10H12FNO2. The molecular weight excluding hydrogens is 185 g/mol. The lowest BCUT2D eigenvalue weighted by Gasteiger charge is -2.07. The highest BCUT2D eigenvalue weighted by Crippen LogP contribution is 2.23. The van der Waals surface area contributed by atoms with Gasteiger partial charge < -0.3 is 10.5 Å². The Morgan fingerprint density at radius 3 is 2.64 bits per heavy atom. The summed E-state index contributed by atoms with van der Waals surface area (Å²) in [4.78, 5) is 11.2. The van der Waals surface area contributed by atoms with Crippen LogP contribution in [0.25, 0.3) is 0 Å². The molecule has 2 N–H and O–H groups in total. The Balaban J connectivity index is 3.20. The van der Waals surface area contributed by atoms with E-state index in [4.69, 9.17) is 10.5 Å². The van der Waals surface area contributed by atoms with Crippen LogP contribution in [0.1, 0.15) is 15.9 Å². The van der Waals surface area contributed by atoms with Gasteiger partial charge in [-0.1, -0.05) is 0 Å². The maximum Gasteiger partial charge on any atom is 0.176 e. The van der Waals surface area contributed by atoms with E-state index in [1.165, 1.54) is 7.11 Å². The topological polar surface area (TPSA) is 52.3 Å². The third-order valence-electron chi connectivity index (χ3n) is 1.94. The van der Waals surface area contributed by atoms with Crippen LogP contribution in [0.4, 0.5) is 4.39 Å². The zero-order valence-corrected chi connectivity index (χ0v) is 8.13. The van der Waals surface area contributed by atoms with E-state index < -0.39 is 5.82 Å². The number of carbonyl (C=O) groups is 1. The van der Waals surface area contributed by atoms with E-state index in [0.29, 0.717) is 5.56 Å². The first-order valence-electron chi connectivity index (χ1n) is 4.17. The van der Waals surface area contributed by atoms with Crippen molar-refractivity contribution in [3.8, 4) is 5.75 Å². The quantitative estimate of drug-likeness (QED) is 0.743. The molecule has 0 bridgehead atoms. The van der Waals surface area contributed by atoms with Crippen molar-refractivity contribution in [1.29, 1.82) is 0 Å². The van der Waals surface area contributed by atoms with Crippen molar-refractivity contribution >= 4 is 5.78 Å². The SMILES string of the molecule is COc1c(C)cc(C(=O)CN)cc1F. The highest BCUT2D eigenvalue weighted by molar-refractivity contribution is 5.97. The van der Waals surface area contributed by atoms with Gasteiger partial charge in [-0.15, -0.1) is 0 Å². The van der Waals surface area contributed by atoms with Gasteiger partial charge in [0.05, 0.1) is 13.7 Å². The number of rotatable bonds is 3. The molecule has 0 aliphatic heterocycles. The van der Waals surface area contributed by atoms with Gasteiger partial charge in [-0.05, 0) is 24.6 Å². The van der Waals surface area contributed by atoms with Crippen molar-refractivity contribution in [1.82, 2.24) is 0 Å². The van der Waals surface area contributed by atoms with Gasteiger partial charge in [0.1, 0.15) is 0 Å². The van der Waals surface area contributed by atoms with Gasteiger partial charge in [-0.3, -0.25) is 4.79 Å². The average molecular weight is 197 g/mol. The molecule has 0 saturated carbocycles. The molecule has 0 fully saturated rings. The van der Waals surface area contributed by atoms with Gasteiger partial charge in [-0.2, -0.15) is 0 Å². The first-order chi connectivity index (χ1) is 6.60. The number of Topliss-reactive ketones (excluding diaryl/α,β-unsaturated/α-hetero) is 1. The number of hydrogen-bond acceptors (Lipinski definition) is 3. The zero-order chi connectivity index (χ0) is 10.7. The number of ketones is 1. The summed E-state index contributed by atoms with van der Waals surface area (Å²) in [5.41, 5.74) is 6.04. The second kappa shape index (κ2) is 4.19. The number of carbonyl (C=O) groups excluding carboxylic acids is 1. The lowest BCUT2D eigenvalue weighted by Crippen LogP contribution is -2.14. The van der Waals surface area contributed by atoms with Gasteiger partial charge in [0.2, 0.25) is 0 Å². The number of hydrogen-bond donors (Lipinski definition) is 1. The molecule has 76 valence electrons. The maximum absolute atomic E-state index is 13.3. The van der Waals surface area contributed by atoms with Crippen LogP contribution in [-0.4, -0.2) is 19.4 Å². The van der Waals surface area contributed by atoms with Crippen LogP contribution < -0.4 is 10.5 Å². The minimum atomic E-state index is -0.538. The molecule has 0 spiro atoms. The molecule has 0 aromatic heterocycles. The molecule has 14 heavy (non-hydrogen) atoms. The highest BCUT2D eigenvalue weighted by Gasteiger charge is 2.11. The summed E-state index contributed by atoms with van der Waals surface area (Å²) in [7, 11) is 1.38. The van der Waals surface area contributed by atoms with Crippen molar-refractivity contribution in [2.45, 2.75) is 6.92 Å². The van der Waals surface area contributed by atoms with E-state index in [-0.39, 0.29) is 23.6 Å². The average Bonchev–Trinajstić information content (AvgIpc) is 2.16. The van der Waals surface area contributed by atoms with Crippen LogP contribution in [0.5, 0.6) is 5.75 Å². The van der Waals surface area contributed by atoms with Crippen LogP contribution in [0.3, 0.4) is 0 Å². The number of benzene rings is 1. The zero-order valence-electron chi connectivity index (χ0n) is 8.13. The Kier molecular flexibility index (Phi) is 3.19. The Bertz CT molecular complexity index is 340. The van der Waals surface area contributed by atoms with E-state index in [1.807, 2.05) is 0 Å². The normalized spacial score (nSPS) is 10.0. The largest absolute Gasteiger partial charge is 0.493 e. The fourth-order valence-electron chi connectivity index (χ4n) is 1.27. The van der Waals surface area contributed by atoms with Crippen molar-refractivity contribution in [2.24, 2.45) is 5.73 Å². The van der Waals surface area contributed by atoms with Crippen LogP contribution in [0.15, 0.2) is 12.1 Å². The number of halogens is 1. The third kappa shape index (κ3) is 1.90. The first kappa shape index (κ1) is 10.7. The molecule has 1 rings (SSSR count). The van der Waals surface area contributed by atoms with E-state index >= 15 is 0 Å². The number of nitrogens with two attached hydrogens (primary N) is 1. The molecule has 0 unspecified atom stereocenters. The Labute approximate surface area is 81.7 Å². The summed E-state index contributed by atoms with van der Waals surface area (Å²) in [6.45, 7) is 1.56. The Hall–Kier alpha value is -1.42. The molecule has 0 atom stereocenters. The molecule has 3 nitrogen and oxygen atoms in total. The fourth-order valence-corrected chi connectivity index (χ4v) is 1.27. The molecule has 1 aromatic carbocycles. The second-order valence-electron chi connectivity index (χ2n) is 2.94. The van der Waals surface area contributed by atoms with Crippen molar-refractivity contribution < 1.29 is 13.9 Å². The number of methoxy groups -OCH3 is 1. The van der Waals surface area contributed by atoms with Gasteiger partial charge >= 0.3 is 0 Å². The van der Waals surface area contributed by atoms with Crippen molar-refractivity contribution in [3.05, 3.63) is 29.1 Å². The molecule has 0 aliphatic carbocycles. The van der Waals surface area contributed by atoms with Crippen LogP contribution in [0, 0.1) is 12.7 Å². The van der Waals surface area contributed by atoms with E-state index in [0.717, 1.165) is 6.07 Å². The summed E-state index contributed by atoms with van der Waals surface area (Å²) in [6.07, 6.45) is 0. The Morgan fingerprint density at radius 2 is 2.21 bits per heavy atom. The smallest absolute Gasteiger partial charge is 0.176 e. The van der Waals surface area contributed by atoms with Gasteiger partial charge in [0, 0.05) is 5.56 Å². The standard InChI is InChI=1S/C10H12FNO2/c1-6-3-7(9(13)5-12)4-8(11)10(6)14-2/h3-4H,5,12H2,1-2H3. The summed E-state index contributed by atoms with van der Waals surface area (Å²) in [5, 5.41) is 0. The molecule has 4 heteroatoms. The van der Waals surface area contributed by atoms with Crippen LogP contribution in [0.2, 0.25) is 0 Å². The van der Waals surface area contributed by atoms with E-state index in [2.05, 4.69) is 0 Å². The maximum atomic E-state index is 13.3. The molecule has 0 radical (unpaired) electrons. The summed E-state index contributed by atoms with van der Waals surface area (Å²) < 4.78 is 18.1. The number of ether oxygens (including phenoxy) is 1. The number of aryl methyl sites for hydroxylation is 1. The first-order valence-corrected chi connectivity index (χ1v) is 4.17. The van der Waals surface area contributed by atoms with Gasteiger partial charge in [0.15, 0.2) is 17.3 Å². The molecule has 0 amide bonds. The monoisotopic (exact) mass is 197 g/mol. The molecule has 1 aromatic rings. The summed E-state index contributed by atoms with van der Waals surface area (Å²) in [5.74, 6) is -0.655. The molecule has 0 saturated heterocycles. The van der Waals surface area contributed by atoms with Crippen molar-refractivity contribution in [3.63, 3.8) is 0 Å². The van der Waals surface area contributed by atoms with E-state index in [9.17, 15) is 9.18 Å². The third-order valence-corrected chi connectivity index (χ3v) is 1.94. The molecule has 0 heterocycles. The summed E-state index contributed by atoms with van der Waals surface area (Å²) in [6, 6.07) is 2.71. The Morgan fingerprint density at radius 1 is 1.57 bits per heavy atom. The van der Waals surface area contributed by atoms with Crippen molar-refractivity contribution in [2.75, 3.05) is 13.7 Å². The minimum Gasteiger partial charge on any atom is -0.493 e. The predicted molar refractivity (Wildman–Crippen MR) is 51.1 cm³/mol. The fraction of sp³-hybridized carbons (Fsp3) is 0.300. The van der Waals surface area contributed by atoms with Gasteiger partial charge in [-0.25, -0.2) is 4.39 Å². The van der Waals surface area contributed by atoms with Crippen LogP contribution >= 0.6 is 0 Å². The lowest BCUT2D eigenvalue weighted by molar-refractivity contribution is 0.100. The van der Waals surface area contributed by atoms with Gasteiger partial charge in [0.25, 0.3) is 0 Å². The minimum absolute atomic E-state index is 0.120. The summed E-state index contributed by atoms with van der Waals surface area (Å²) >= 11 is 0. The van der Waals surface area contributed by atoms with E-state index in [1.54, 1.807) is 13.0 Å². The molecule has 0 aliphatic rings. The van der Waals surface area contributed by atoms with Crippen LogP contribution in [-0.2, 0) is 0 Å². The second-order valence-corrected chi connectivity index (χ2v) is 2.94. The predicted octanol–water partition coefficient (Wildman–Crippen LogP) is 1.28. The highest BCUT2D eigenvalue weighted by atomic mass is 19.1. The lowest BCUT2D eigenvalue weighted by atomic mass is 10.1.